The summed E-state index contributed by atoms with van der Waals surface area (Å²) < 4.78 is 4.02. The zero-order valence-corrected chi connectivity index (χ0v) is 29.1. The van der Waals surface area contributed by atoms with Gasteiger partial charge >= 0.3 is 99.8 Å². The molecular weight excluding hydrogens is 769 g/mol. The Balaban J connectivity index is 0.000000181. The van der Waals surface area contributed by atoms with Gasteiger partial charge in [0.2, 0.25) is 0 Å². The van der Waals surface area contributed by atoms with Crippen LogP contribution in [0.15, 0.2) is 128 Å². The molecule has 2 nitrogen and oxygen atoms in total. The van der Waals surface area contributed by atoms with E-state index in [1.54, 1.807) is 0 Å². The van der Waals surface area contributed by atoms with Gasteiger partial charge in [-0.05, 0) is 17.3 Å². The predicted molar refractivity (Wildman–Crippen MR) is 178 cm³/mol. The molecule has 0 aliphatic heterocycles. The minimum atomic E-state index is -1.72. The van der Waals surface area contributed by atoms with Crippen LogP contribution in [0.1, 0.15) is 0 Å². The van der Waals surface area contributed by atoms with E-state index in [1.807, 2.05) is 60.1 Å². The number of hydrogen-bond donors (Lipinski definition) is 0. The van der Waals surface area contributed by atoms with Crippen molar-refractivity contribution in [2.45, 2.75) is 17.3 Å². The molecule has 0 aliphatic carbocycles. The molecule has 0 atom stereocenters. The Morgan fingerprint density at radius 1 is 0.571 bits per heavy atom. The third-order valence-electron chi connectivity index (χ3n) is 7.06. The average molecular weight is 800 g/mol. The second kappa shape index (κ2) is 13.3. The van der Waals surface area contributed by atoms with Crippen molar-refractivity contribution >= 4 is 49.2 Å². The van der Waals surface area contributed by atoms with Gasteiger partial charge in [0.25, 0.3) is 0 Å². The van der Waals surface area contributed by atoms with Crippen LogP contribution in [0.25, 0.3) is 53.8 Å². The summed E-state index contributed by atoms with van der Waals surface area (Å²) in [5.74, 6) is 7.14. The summed E-state index contributed by atoms with van der Waals surface area (Å²) in [6.07, 6.45) is 4.03. The number of benzene rings is 4. The fourth-order valence-electron chi connectivity index (χ4n) is 4.74. The number of nitrogens with zero attached hydrogens (tertiary/aromatic N) is 2. The number of pyridine rings is 2. The summed E-state index contributed by atoms with van der Waals surface area (Å²) in [4.78, 5) is 9.24. The molecule has 0 saturated carbocycles. The number of thiophene rings is 1. The standard InChI is InChI=1S/C23H14NS.C14H16GeN.Ir/c1-2-7-16(8-3-1)17-9-6-10-18(13-17)21-14-23-20(15-24-21)19-11-4-5-12-22(19)25-23;1-15(2,3)13-9-10-14(16-11-13)12-7-5-4-6-8-12;/h1-9,11-15H;4-7,9-11H,1-3H3;/q2*-1;. The maximum atomic E-state index is 4.71. The zero-order valence-electron chi connectivity index (χ0n) is 23.8. The monoisotopic (exact) mass is 801 g/mol. The van der Waals surface area contributed by atoms with Crippen LogP contribution >= 0.6 is 11.3 Å². The molecule has 1 radical (unpaired) electrons. The normalized spacial score (nSPS) is 11.0. The van der Waals surface area contributed by atoms with Gasteiger partial charge in [-0.2, -0.15) is 0 Å². The van der Waals surface area contributed by atoms with Crippen LogP contribution in [-0.4, -0.2) is 23.2 Å². The summed E-state index contributed by atoms with van der Waals surface area (Å²) in [5.41, 5.74) is 6.47. The Morgan fingerprint density at radius 2 is 1.31 bits per heavy atom. The maximum absolute atomic E-state index is 4.71. The van der Waals surface area contributed by atoms with Crippen molar-refractivity contribution in [2.75, 3.05) is 0 Å². The molecule has 0 N–H and O–H groups in total. The van der Waals surface area contributed by atoms with Crippen molar-refractivity contribution in [2.24, 2.45) is 0 Å². The number of rotatable bonds is 4. The van der Waals surface area contributed by atoms with Crippen LogP contribution in [0.3, 0.4) is 0 Å². The van der Waals surface area contributed by atoms with Gasteiger partial charge in [-0.3, -0.25) is 0 Å². The molecule has 7 aromatic rings. The van der Waals surface area contributed by atoms with Crippen molar-refractivity contribution in [1.29, 1.82) is 0 Å². The van der Waals surface area contributed by atoms with Crippen LogP contribution in [0.4, 0.5) is 0 Å². The SMILES string of the molecule is [CH3][Ge]([CH3])([CH3])[c]1ccc(-c2[c-]cccc2)nc1.[Ir].[c-]1ccc(-c2ccccc2)cc1-c1cc2sc3ccccc3c2cn1. The van der Waals surface area contributed by atoms with Crippen molar-refractivity contribution in [3.8, 4) is 33.6 Å². The minimum Gasteiger partial charge on any atom is -0.304 e. The van der Waals surface area contributed by atoms with Gasteiger partial charge in [0.15, 0.2) is 0 Å². The fourth-order valence-corrected chi connectivity index (χ4v) is 8.03. The van der Waals surface area contributed by atoms with Crippen molar-refractivity contribution in [3.05, 3.63) is 140 Å². The van der Waals surface area contributed by atoms with Crippen LogP contribution in [0, 0.1) is 12.1 Å². The predicted octanol–water partition coefficient (Wildman–Crippen LogP) is 9.68. The average Bonchev–Trinajstić information content (AvgIpc) is 3.40. The largest absolute Gasteiger partial charge is 0.304 e. The maximum Gasteiger partial charge on any atom is 0.0355 e. The van der Waals surface area contributed by atoms with Crippen LogP contribution < -0.4 is 4.40 Å². The Labute approximate surface area is 268 Å². The van der Waals surface area contributed by atoms with E-state index in [9.17, 15) is 0 Å². The number of fused-ring (bicyclic) bond motifs is 3. The van der Waals surface area contributed by atoms with Gasteiger partial charge in [0.05, 0.1) is 0 Å². The summed E-state index contributed by atoms with van der Waals surface area (Å²) in [5, 5.41) is 2.51. The molecule has 5 heteroatoms. The molecule has 7 rings (SSSR count). The van der Waals surface area contributed by atoms with E-state index in [1.165, 1.54) is 35.7 Å². The van der Waals surface area contributed by atoms with E-state index in [-0.39, 0.29) is 20.1 Å². The van der Waals surface area contributed by atoms with Gasteiger partial charge in [-0.15, -0.1) is 46.7 Å². The van der Waals surface area contributed by atoms with Gasteiger partial charge in [0, 0.05) is 46.5 Å². The first-order valence-corrected chi connectivity index (χ1v) is 21.9. The fraction of sp³-hybridized carbons (Fsp3) is 0.0811. The van der Waals surface area contributed by atoms with Gasteiger partial charge in [-0.1, -0.05) is 54.6 Å². The molecular formula is C37H30GeIrN2S-2. The van der Waals surface area contributed by atoms with Crippen LogP contribution in [-0.2, 0) is 20.1 Å². The molecule has 209 valence electrons. The molecule has 0 saturated heterocycles. The molecule has 0 bridgehead atoms. The first-order chi connectivity index (χ1) is 20.0. The third-order valence-corrected chi connectivity index (χ3v) is 12.5. The van der Waals surface area contributed by atoms with E-state index >= 15 is 0 Å². The molecule has 0 spiro atoms. The van der Waals surface area contributed by atoms with E-state index in [4.69, 9.17) is 4.98 Å². The quantitative estimate of drug-likeness (QED) is 0.131. The topological polar surface area (TPSA) is 25.8 Å². The third kappa shape index (κ3) is 6.80. The number of hydrogen-bond acceptors (Lipinski definition) is 3. The smallest absolute Gasteiger partial charge is 0.0355 e. The molecule has 0 amide bonds. The number of aromatic nitrogens is 2. The Bertz CT molecular complexity index is 1910. The second-order valence-corrected chi connectivity index (χ2v) is 22.7. The van der Waals surface area contributed by atoms with Crippen LogP contribution in [0.2, 0.25) is 17.3 Å². The van der Waals surface area contributed by atoms with E-state index in [0.717, 1.165) is 22.5 Å². The first kappa shape index (κ1) is 30.1. The molecule has 4 aromatic carbocycles. The minimum absolute atomic E-state index is 0. The van der Waals surface area contributed by atoms with Crippen molar-refractivity contribution in [3.63, 3.8) is 0 Å². The summed E-state index contributed by atoms with van der Waals surface area (Å²) in [6, 6.07) is 46.2. The molecule has 3 heterocycles. The Morgan fingerprint density at radius 3 is 2.05 bits per heavy atom. The summed E-state index contributed by atoms with van der Waals surface area (Å²) in [7, 11) is 0. The Kier molecular flexibility index (Phi) is 9.50. The molecule has 0 unspecified atom stereocenters. The van der Waals surface area contributed by atoms with Gasteiger partial charge in [0.1, 0.15) is 0 Å². The Hall–Kier alpha value is -3.41. The summed E-state index contributed by atoms with van der Waals surface area (Å²) in [6.45, 7) is 0. The van der Waals surface area contributed by atoms with E-state index in [0.29, 0.717) is 0 Å². The molecule has 0 aliphatic rings. The molecule has 3 aromatic heterocycles. The second-order valence-electron chi connectivity index (χ2n) is 11.0. The molecule has 0 fully saturated rings. The van der Waals surface area contributed by atoms with Gasteiger partial charge < -0.3 is 4.98 Å². The zero-order chi connectivity index (χ0) is 28.2. The first-order valence-electron chi connectivity index (χ1n) is 13.7. The van der Waals surface area contributed by atoms with Crippen LogP contribution in [0.5, 0.6) is 0 Å². The van der Waals surface area contributed by atoms with Crippen molar-refractivity contribution in [1.82, 2.24) is 9.97 Å². The van der Waals surface area contributed by atoms with E-state index in [2.05, 4.69) is 113 Å². The molecule has 42 heavy (non-hydrogen) atoms. The van der Waals surface area contributed by atoms with Crippen molar-refractivity contribution < 1.29 is 20.1 Å². The van der Waals surface area contributed by atoms with E-state index < -0.39 is 13.3 Å². The van der Waals surface area contributed by atoms with Gasteiger partial charge in [-0.25, -0.2) is 0 Å². The summed E-state index contributed by atoms with van der Waals surface area (Å²) >= 11 is 0.101.